The van der Waals surface area contributed by atoms with E-state index in [-0.39, 0.29) is 5.69 Å². The van der Waals surface area contributed by atoms with Gasteiger partial charge < -0.3 is 0 Å². The number of thioether (sulfide) groups is 1. The van der Waals surface area contributed by atoms with Crippen molar-refractivity contribution in [2.24, 2.45) is 0 Å². The van der Waals surface area contributed by atoms with Crippen molar-refractivity contribution in [1.29, 1.82) is 0 Å². The molecule has 3 aromatic rings. The van der Waals surface area contributed by atoms with E-state index < -0.39 is 4.92 Å². The van der Waals surface area contributed by atoms with Crippen LogP contribution >= 0.6 is 11.8 Å². The number of nitro benzene ring substituents is 1. The minimum absolute atomic E-state index is 0.0969. The lowest BCUT2D eigenvalue weighted by Gasteiger charge is -2.02. The topological polar surface area (TPSA) is 81.8 Å². The molecule has 1 aromatic carbocycles. The maximum Gasteiger partial charge on any atom is 0.269 e. The van der Waals surface area contributed by atoms with Crippen LogP contribution < -0.4 is 0 Å². The average molecular weight is 324 g/mol. The molecule has 0 amide bonds. The SMILES string of the molecule is O=[N+]([O-])c1cccc(CSc2ccc(-c3ccccn3)nn2)c1. The molecule has 7 heteroatoms. The number of hydrogen-bond acceptors (Lipinski definition) is 6. The Hall–Kier alpha value is -2.80. The first-order valence-corrected chi connectivity index (χ1v) is 7.82. The van der Waals surface area contributed by atoms with Gasteiger partial charge in [-0.25, -0.2) is 0 Å². The van der Waals surface area contributed by atoms with Crippen LogP contribution in [0.25, 0.3) is 11.4 Å². The zero-order chi connectivity index (χ0) is 16.1. The summed E-state index contributed by atoms with van der Waals surface area (Å²) >= 11 is 1.48. The van der Waals surface area contributed by atoms with Crippen LogP contribution in [-0.4, -0.2) is 20.1 Å². The molecule has 0 bridgehead atoms. The Morgan fingerprint density at radius 2 is 1.91 bits per heavy atom. The van der Waals surface area contributed by atoms with Crippen LogP contribution in [0.2, 0.25) is 0 Å². The number of benzene rings is 1. The minimum Gasteiger partial charge on any atom is -0.258 e. The zero-order valence-corrected chi connectivity index (χ0v) is 12.8. The van der Waals surface area contributed by atoms with Gasteiger partial charge in [-0.05, 0) is 29.8 Å². The summed E-state index contributed by atoms with van der Waals surface area (Å²) in [5.41, 5.74) is 2.46. The zero-order valence-electron chi connectivity index (χ0n) is 12.0. The first kappa shape index (κ1) is 15.1. The highest BCUT2D eigenvalue weighted by Crippen LogP contribution is 2.23. The van der Waals surface area contributed by atoms with E-state index in [2.05, 4.69) is 15.2 Å². The highest BCUT2D eigenvalue weighted by molar-refractivity contribution is 7.98. The largest absolute Gasteiger partial charge is 0.269 e. The van der Waals surface area contributed by atoms with E-state index in [1.807, 2.05) is 36.4 Å². The smallest absolute Gasteiger partial charge is 0.258 e. The van der Waals surface area contributed by atoms with Crippen LogP contribution in [0.5, 0.6) is 0 Å². The van der Waals surface area contributed by atoms with E-state index >= 15 is 0 Å². The highest BCUT2D eigenvalue weighted by Gasteiger charge is 2.07. The standard InChI is InChI=1S/C16H12N4O2S/c21-20(22)13-5-3-4-12(10-13)11-23-16-8-7-15(18-19-16)14-6-1-2-9-17-14/h1-10H,11H2. The molecular weight excluding hydrogens is 312 g/mol. The summed E-state index contributed by atoms with van der Waals surface area (Å²) in [6.45, 7) is 0. The van der Waals surface area contributed by atoms with Gasteiger partial charge in [-0.15, -0.1) is 10.2 Å². The van der Waals surface area contributed by atoms with Crippen molar-refractivity contribution in [3.8, 4) is 11.4 Å². The molecule has 0 fully saturated rings. The van der Waals surface area contributed by atoms with Gasteiger partial charge in [0, 0.05) is 24.1 Å². The maximum absolute atomic E-state index is 10.8. The third-order valence-corrected chi connectivity index (χ3v) is 4.07. The summed E-state index contributed by atoms with van der Waals surface area (Å²) in [6, 6.07) is 16.0. The number of pyridine rings is 1. The Bertz CT molecular complexity index is 810. The summed E-state index contributed by atoms with van der Waals surface area (Å²) < 4.78 is 0. The molecule has 0 aliphatic carbocycles. The van der Waals surface area contributed by atoms with E-state index in [4.69, 9.17) is 0 Å². The Balaban J connectivity index is 1.67. The molecule has 2 aromatic heterocycles. The van der Waals surface area contributed by atoms with E-state index in [0.29, 0.717) is 11.4 Å². The van der Waals surface area contributed by atoms with Crippen LogP contribution in [0, 0.1) is 10.1 Å². The van der Waals surface area contributed by atoms with Gasteiger partial charge in [0.15, 0.2) is 0 Å². The Kier molecular flexibility index (Phi) is 4.58. The number of hydrogen-bond donors (Lipinski definition) is 0. The highest BCUT2D eigenvalue weighted by atomic mass is 32.2. The Labute approximate surface area is 136 Å². The molecule has 0 aliphatic heterocycles. The molecule has 3 rings (SSSR count). The van der Waals surface area contributed by atoms with E-state index in [1.165, 1.54) is 17.8 Å². The molecule has 23 heavy (non-hydrogen) atoms. The van der Waals surface area contributed by atoms with Crippen molar-refractivity contribution in [2.75, 3.05) is 0 Å². The third-order valence-electron chi connectivity index (χ3n) is 3.08. The molecule has 0 N–H and O–H groups in total. The summed E-state index contributed by atoms with van der Waals surface area (Å²) in [6.07, 6.45) is 1.71. The number of aromatic nitrogens is 3. The summed E-state index contributed by atoms with van der Waals surface area (Å²) in [5, 5.41) is 19.9. The molecule has 0 aliphatic rings. The lowest BCUT2D eigenvalue weighted by Crippen LogP contribution is -1.92. The minimum atomic E-state index is -0.393. The fraction of sp³-hybridized carbons (Fsp3) is 0.0625. The second-order valence-electron chi connectivity index (χ2n) is 4.69. The number of rotatable bonds is 5. The van der Waals surface area contributed by atoms with E-state index in [1.54, 1.807) is 18.3 Å². The fourth-order valence-corrected chi connectivity index (χ4v) is 2.72. The van der Waals surface area contributed by atoms with Crippen molar-refractivity contribution in [2.45, 2.75) is 10.8 Å². The quantitative estimate of drug-likeness (QED) is 0.404. The van der Waals surface area contributed by atoms with E-state index in [0.717, 1.165) is 16.3 Å². The number of non-ortho nitro benzene ring substituents is 1. The average Bonchev–Trinajstić information content (AvgIpc) is 2.61. The van der Waals surface area contributed by atoms with Crippen molar-refractivity contribution >= 4 is 17.4 Å². The van der Waals surface area contributed by atoms with Gasteiger partial charge in [-0.3, -0.25) is 15.1 Å². The summed E-state index contributed by atoms with van der Waals surface area (Å²) in [5.74, 6) is 0.597. The van der Waals surface area contributed by atoms with Crippen LogP contribution in [-0.2, 0) is 5.75 Å². The van der Waals surface area contributed by atoms with Crippen molar-refractivity contribution in [3.05, 3.63) is 76.5 Å². The number of nitrogens with zero attached hydrogens (tertiary/aromatic N) is 4. The molecule has 2 heterocycles. The van der Waals surface area contributed by atoms with Gasteiger partial charge in [0.1, 0.15) is 10.7 Å². The lowest BCUT2D eigenvalue weighted by molar-refractivity contribution is -0.384. The van der Waals surface area contributed by atoms with Crippen LogP contribution in [0.15, 0.2) is 65.8 Å². The monoisotopic (exact) mass is 324 g/mol. The van der Waals surface area contributed by atoms with Gasteiger partial charge in [0.2, 0.25) is 0 Å². The van der Waals surface area contributed by atoms with Crippen LogP contribution in [0.4, 0.5) is 5.69 Å². The van der Waals surface area contributed by atoms with Crippen molar-refractivity contribution in [1.82, 2.24) is 15.2 Å². The van der Waals surface area contributed by atoms with Gasteiger partial charge in [-0.1, -0.05) is 30.0 Å². The van der Waals surface area contributed by atoms with Gasteiger partial charge in [0.25, 0.3) is 5.69 Å². The second kappa shape index (κ2) is 6.97. The predicted octanol–water partition coefficient (Wildman–Crippen LogP) is 3.74. The number of nitro groups is 1. The van der Waals surface area contributed by atoms with Crippen LogP contribution in [0.3, 0.4) is 0 Å². The third kappa shape index (κ3) is 3.89. The maximum atomic E-state index is 10.8. The fourth-order valence-electron chi connectivity index (χ4n) is 1.96. The van der Waals surface area contributed by atoms with Crippen molar-refractivity contribution < 1.29 is 4.92 Å². The molecule has 114 valence electrons. The molecule has 0 saturated carbocycles. The normalized spacial score (nSPS) is 10.4. The van der Waals surface area contributed by atoms with Gasteiger partial charge in [0.05, 0.1) is 10.6 Å². The van der Waals surface area contributed by atoms with Crippen LogP contribution in [0.1, 0.15) is 5.56 Å². The Morgan fingerprint density at radius 1 is 1.00 bits per heavy atom. The molecule has 6 nitrogen and oxygen atoms in total. The van der Waals surface area contributed by atoms with E-state index in [9.17, 15) is 10.1 Å². The van der Waals surface area contributed by atoms with Gasteiger partial charge in [-0.2, -0.15) is 0 Å². The molecule has 0 atom stereocenters. The first-order chi connectivity index (χ1) is 11.2. The first-order valence-electron chi connectivity index (χ1n) is 6.83. The molecule has 0 radical (unpaired) electrons. The predicted molar refractivity (Wildman–Crippen MR) is 87.9 cm³/mol. The molecular formula is C16H12N4O2S. The van der Waals surface area contributed by atoms with Crippen molar-refractivity contribution in [3.63, 3.8) is 0 Å². The summed E-state index contributed by atoms with van der Waals surface area (Å²) in [4.78, 5) is 14.6. The molecule has 0 unspecified atom stereocenters. The van der Waals surface area contributed by atoms with Gasteiger partial charge >= 0.3 is 0 Å². The Morgan fingerprint density at radius 3 is 2.61 bits per heavy atom. The molecule has 0 spiro atoms. The lowest BCUT2D eigenvalue weighted by atomic mass is 10.2. The second-order valence-corrected chi connectivity index (χ2v) is 5.68. The summed E-state index contributed by atoms with van der Waals surface area (Å²) in [7, 11) is 0. The molecule has 0 saturated heterocycles.